The van der Waals surface area contributed by atoms with Crippen LogP contribution in [0.1, 0.15) is 57.8 Å². The van der Waals surface area contributed by atoms with Crippen molar-refractivity contribution in [3.8, 4) is 0 Å². The molecule has 0 radical (unpaired) electrons. The number of allylic oxidation sites excluding steroid dienone is 3. The fraction of sp³-hybridized carbons (Fsp3) is 0.800. The first-order chi connectivity index (χ1) is 11.3. The third-order valence-corrected chi connectivity index (χ3v) is 6.07. The summed E-state index contributed by atoms with van der Waals surface area (Å²) < 4.78 is 25.2. The molecule has 23 heavy (non-hydrogen) atoms. The average Bonchev–Trinajstić information content (AvgIpc) is 2.61. The van der Waals surface area contributed by atoms with E-state index in [1.807, 2.05) is 6.08 Å². The molecular formula is C20H31FO2. The van der Waals surface area contributed by atoms with Gasteiger partial charge in [-0.1, -0.05) is 25.0 Å². The second-order valence-corrected chi connectivity index (χ2v) is 7.63. The molecule has 0 aromatic heterocycles. The van der Waals surface area contributed by atoms with Crippen LogP contribution in [0.25, 0.3) is 0 Å². The van der Waals surface area contributed by atoms with Crippen LogP contribution in [0.2, 0.25) is 0 Å². The highest BCUT2D eigenvalue weighted by Crippen LogP contribution is 2.38. The predicted octanol–water partition coefficient (Wildman–Crippen LogP) is 5.40. The summed E-state index contributed by atoms with van der Waals surface area (Å²) in [6.45, 7) is 5.48. The fourth-order valence-electron chi connectivity index (χ4n) is 4.45. The van der Waals surface area contributed by atoms with Crippen molar-refractivity contribution in [1.29, 1.82) is 0 Å². The molecule has 1 saturated carbocycles. The summed E-state index contributed by atoms with van der Waals surface area (Å²) in [5.74, 6) is 2.58. The van der Waals surface area contributed by atoms with E-state index in [0.717, 1.165) is 44.3 Å². The summed E-state index contributed by atoms with van der Waals surface area (Å²) in [7, 11) is 0. The number of rotatable bonds is 5. The maximum atomic E-state index is 13.1. The molecule has 130 valence electrons. The van der Waals surface area contributed by atoms with Crippen molar-refractivity contribution in [2.24, 2.45) is 23.7 Å². The molecule has 0 N–H and O–H groups in total. The van der Waals surface area contributed by atoms with E-state index in [1.165, 1.54) is 32.1 Å². The quantitative estimate of drug-likeness (QED) is 0.631. The van der Waals surface area contributed by atoms with Gasteiger partial charge < -0.3 is 9.47 Å². The standard InChI is InChI=1S/C20H31FO2/c1-2-3-4-15-5-7-16(8-6-15)18-13-22-20(23-14-18)17-9-11-19(21)12-10-17/h2,11,15-18,20H,1,3-10,12-14H2/t15-,16-,17?,18-,20-. The zero-order valence-corrected chi connectivity index (χ0v) is 14.2. The third-order valence-electron chi connectivity index (χ3n) is 6.07. The van der Waals surface area contributed by atoms with Crippen molar-refractivity contribution in [2.75, 3.05) is 13.2 Å². The van der Waals surface area contributed by atoms with E-state index in [4.69, 9.17) is 9.47 Å². The fourth-order valence-corrected chi connectivity index (χ4v) is 4.45. The molecule has 3 rings (SSSR count). The zero-order valence-electron chi connectivity index (χ0n) is 14.2. The van der Waals surface area contributed by atoms with Gasteiger partial charge in [-0.05, 0) is 56.8 Å². The number of halogens is 1. The first kappa shape index (κ1) is 17.2. The minimum absolute atomic E-state index is 0.0307. The van der Waals surface area contributed by atoms with Crippen LogP contribution in [0.4, 0.5) is 4.39 Å². The zero-order chi connectivity index (χ0) is 16.1. The van der Waals surface area contributed by atoms with E-state index in [2.05, 4.69) is 6.58 Å². The Morgan fingerprint density at radius 1 is 1.04 bits per heavy atom. The third kappa shape index (κ3) is 4.67. The maximum absolute atomic E-state index is 13.1. The minimum Gasteiger partial charge on any atom is -0.352 e. The highest BCUT2D eigenvalue weighted by atomic mass is 19.1. The molecule has 0 aromatic rings. The lowest BCUT2D eigenvalue weighted by molar-refractivity contribution is -0.233. The van der Waals surface area contributed by atoms with Crippen molar-refractivity contribution >= 4 is 0 Å². The van der Waals surface area contributed by atoms with Crippen LogP contribution in [0, 0.1) is 23.7 Å². The Balaban J connectivity index is 1.39. The normalized spacial score (nSPS) is 38.8. The van der Waals surface area contributed by atoms with Gasteiger partial charge in [0.15, 0.2) is 6.29 Å². The van der Waals surface area contributed by atoms with Gasteiger partial charge in [0, 0.05) is 11.8 Å². The monoisotopic (exact) mass is 322 g/mol. The van der Waals surface area contributed by atoms with Gasteiger partial charge in [0.05, 0.1) is 19.0 Å². The lowest BCUT2D eigenvalue weighted by atomic mass is 9.75. The molecule has 2 aliphatic carbocycles. The van der Waals surface area contributed by atoms with Crippen LogP contribution in [0.5, 0.6) is 0 Å². The van der Waals surface area contributed by atoms with Gasteiger partial charge in [-0.2, -0.15) is 0 Å². The Morgan fingerprint density at radius 3 is 2.39 bits per heavy atom. The molecule has 3 aliphatic rings. The molecule has 1 atom stereocenters. The summed E-state index contributed by atoms with van der Waals surface area (Å²) in [6, 6.07) is 0. The Labute approximate surface area is 140 Å². The Hall–Kier alpha value is -0.670. The van der Waals surface area contributed by atoms with E-state index in [1.54, 1.807) is 6.08 Å². The largest absolute Gasteiger partial charge is 0.352 e. The Morgan fingerprint density at radius 2 is 1.78 bits per heavy atom. The summed E-state index contributed by atoms with van der Waals surface area (Å²) in [5.41, 5.74) is 0. The first-order valence-electron chi connectivity index (χ1n) is 9.45. The van der Waals surface area contributed by atoms with Crippen molar-refractivity contribution in [3.63, 3.8) is 0 Å². The maximum Gasteiger partial charge on any atom is 0.160 e. The predicted molar refractivity (Wildman–Crippen MR) is 90.6 cm³/mol. The van der Waals surface area contributed by atoms with Crippen LogP contribution in [-0.2, 0) is 9.47 Å². The molecule has 2 fully saturated rings. The number of hydrogen-bond donors (Lipinski definition) is 0. The molecule has 1 heterocycles. The SMILES string of the molecule is C=CCC[C@H]1CC[C@H]([C@H]2CO[C@H](C3CC=C(F)CC3)OC2)CC1. The smallest absolute Gasteiger partial charge is 0.160 e. The van der Waals surface area contributed by atoms with Crippen LogP contribution in [0.15, 0.2) is 24.6 Å². The van der Waals surface area contributed by atoms with Crippen LogP contribution < -0.4 is 0 Å². The van der Waals surface area contributed by atoms with Gasteiger partial charge in [-0.3, -0.25) is 0 Å². The Bertz CT molecular complexity index is 404. The van der Waals surface area contributed by atoms with E-state index < -0.39 is 0 Å². The topological polar surface area (TPSA) is 18.5 Å². The van der Waals surface area contributed by atoms with Gasteiger partial charge in [0.1, 0.15) is 0 Å². The molecule has 0 aromatic carbocycles. The molecule has 2 nitrogen and oxygen atoms in total. The molecule has 1 unspecified atom stereocenters. The number of hydrogen-bond acceptors (Lipinski definition) is 2. The molecule has 0 bridgehead atoms. The van der Waals surface area contributed by atoms with Crippen molar-refractivity contribution in [1.82, 2.24) is 0 Å². The van der Waals surface area contributed by atoms with Gasteiger partial charge in [-0.25, -0.2) is 4.39 Å². The van der Waals surface area contributed by atoms with Crippen molar-refractivity contribution in [2.45, 2.75) is 64.1 Å². The highest BCUT2D eigenvalue weighted by Gasteiger charge is 2.34. The summed E-state index contributed by atoms with van der Waals surface area (Å²) in [4.78, 5) is 0. The lowest BCUT2D eigenvalue weighted by Gasteiger charge is -2.40. The van der Waals surface area contributed by atoms with Crippen LogP contribution in [0.3, 0.4) is 0 Å². The van der Waals surface area contributed by atoms with Crippen molar-refractivity contribution in [3.05, 3.63) is 24.6 Å². The summed E-state index contributed by atoms with van der Waals surface area (Å²) >= 11 is 0. The molecule has 0 amide bonds. The molecule has 0 spiro atoms. The first-order valence-corrected chi connectivity index (χ1v) is 9.45. The lowest BCUT2D eigenvalue weighted by Crippen LogP contribution is -2.40. The summed E-state index contributed by atoms with van der Waals surface area (Å²) in [5, 5.41) is 0. The van der Waals surface area contributed by atoms with Gasteiger partial charge >= 0.3 is 0 Å². The van der Waals surface area contributed by atoms with Crippen LogP contribution in [-0.4, -0.2) is 19.5 Å². The van der Waals surface area contributed by atoms with Crippen LogP contribution >= 0.6 is 0 Å². The second-order valence-electron chi connectivity index (χ2n) is 7.63. The Kier molecular flexibility index (Phi) is 6.29. The van der Waals surface area contributed by atoms with E-state index in [9.17, 15) is 4.39 Å². The highest BCUT2D eigenvalue weighted by molar-refractivity contribution is 4.98. The summed E-state index contributed by atoms with van der Waals surface area (Å²) in [6.07, 6.45) is 13.6. The van der Waals surface area contributed by atoms with E-state index in [-0.39, 0.29) is 12.1 Å². The molecular weight excluding hydrogens is 291 g/mol. The molecule has 1 aliphatic heterocycles. The second kappa shape index (κ2) is 8.43. The number of ether oxygens (including phenoxy) is 2. The molecule has 1 saturated heterocycles. The van der Waals surface area contributed by atoms with Gasteiger partial charge in [0.2, 0.25) is 0 Å². The van der Waals surface area contributed by atoms with E-state index in [0.29, 0.717) is 18.3 Å². The molecule has 3 heteroatoms. The van der Waals surface area contributed by atoms with Gasteiger partial charge in [-0.15, -0.1) is 6.58 Å². The minimum atomic E-state index is -0.112. The van der Waals surface area contributed by atoms with E-state index >= 15 is 0 Å². The average molecular weight is 322 g/mol. The van der Waals surface area contributed by atoms with Gasteiger partial charge in [0.25, 0.3) is 0 Å². The van der Waals surface area contributed by atoms with Crippen molar-refractivity contribution < 1.29 is 13.9 Å².